The number of rotatable bonds is 6. The lowest BCUT2D eigenvalue weighted by atomic mass is 10.1. The monoisotopic (exact) mass is 291 g/mol. The second-order valence-electron chi connectivity index (χ2n) is 4.97. The Morgan fingerprint density at radius 3 is 2.75 bits per heavy atom. The molecule has 3 nitrogen and oxygen atoms in total. The normalized spacial score (nSPS) is 12.3. The van der Waals surface area contributed by atoms with Gasteiger partial charge < -0.3 is 15.2 Å². The quantitative estimate of drug-likeness (QED) is 0.856. The van der Waals surface area contributed by atoms with Crippen LogP contribution >= 0.6 is 11.3 Å². The van der Waals surface area contributed by atoms with E-state index in [1.807, 2.05) is 23.5 Å². The second-order valence-corrected chi connectivity index (χ2v) is 6.34. The van der Waals surface area contributed by atoms with E-state index >= 15 is 0 Å². The van der Waals surface area contributed by atoms with Crippen molar-refractivity contribution in [2.45, 2.75) is 32.9 Å². The number of aromatic hydroxyl groups is 1. The predicted octanol–water partition coefficient (Wildman–Crippen LogP) is 3.49. The van der Waals surface area contributed by atoms with Crippen molar-refractivity contribution in [3.05, 3.63) is 45.6 Å². The first-order valence-electron chi connectivity index (χ1n) is 6.73. The molecule has 0 radical (unpaired) electrons. The van der Waals surface area contributed by atoms with Crippen LogP contribution in [-0.4, -0.2) is 18.3 Å². The minimum Gasteiger partial charge on any atom is -0.504 e. The molecule has 1 heterocycles. The molecule has 2 N–H and O–H groups in total. The summed E-state index contributed by atoms with van der Waals surface area (Å²) in [5, 5.41) is 13.5. The molecule has 0 aliphatic heterocycles. The molecule has 4 heteroatoms. The lowest BCUT2D eigenvalue weighted by Gasteiger charge is -2.14. The highest BCUT2D eigenvalue weighted by Crippen LogP contribution is 2.29. The molecule has 1 unspecified atom stereocenters. The van der Waals surface area contributed by atoms with Gasteiger partial charge in [-0.25, -0.2) is 0 Å². The number of phenolic OH excluding ortho intramolecular Hbond substituents is 1. The highest BCUT2D eigenvalue weighted by molar-refractivity contribution is 7.11. The third-order valence-corrected chi connectivity index (χ3v) is 4.27. The first kappa shape index (κ1) is 14.9. The number of nitrogens with one attached hydrogen (secondary N) is 1. The Kier molecular flexibility index (Phi) is 5.04. The average Bonchev–Trinajstić information content (AvgIpc) is 2.83. The zero-order valence-corrected chi connectivity index (χ0v) is 13.0. The molecule has 0 amide bonds. The number of phenols is 1. The molecule has 2 aromatic rings. The van der Waals surface area contributed by atoms with Crippen LogP contribution in [0.2, 0.25) is 0 Å². The van der Waals surface area contributed by atoms with E-state index in [9.17, 15) is 5.11 Å². The Hall–Kier alpha value is -1.52. The molecule has 20 heavy (non-hydrogen) atoms. The van der Waals surface area contributed by atoms with Crippen molar-refractivity contribution in [1.82, 2.24) is 5.32 Å². The summed E-state index contributed by atoms with van der Waals surface area (Å²) in [5.41, 5.74) is 0.860. The molecule has 0 bridgehead atoms. The molecular formula is C16H21NO2S. The van der Waals surface area contributed by atoms with Gasteiger partial charge in [0.1, 0.15) is 0 Å². The molecule has 108 valence electrons. The lowest BCUT2D eigenvalue weighted by molar-refractivity contribution is 0.369. The smallest absolute Gasteiger partial charge is 0.162 e. The van der Waals surface area contributed by atoms with Gasteiger partial charge in [-0.2, -0.15) is 0 Å². The molecule has 1 atom stereocenters. The summed E-state index contributed by atoms with van der Waals surface area (Å²) in [6.45, 7) is 4.92. The van der Waals surface area contributed by atoms with Crippen LogP contribution < -0.4 is 10.1 Å². The Labute approximate surface area is 124 Å². The lowest BCUT2D eigenvalue weighted by Crippen LogP contribution is -2.27. The first-order valence-corrected chi connectivity index (χ1v) is 7.55. The number of benzene rings is 1. The second kappa shape index (κ2) is 6.77. The van der Waals surface area contributed by atoms with Crippen molar-refractivity contribution in [3.8, 4) is 11.5 Å². The Morgan fingerprint density at radius 1 is 1.30 bits per heavy atom. The number of methoxy groups -OCH3 is 1. The van der Waals surface area contributed by atoms with Crippen LogP contribution in [0.4, 0.5) is 0 Å². The molecule has 1 aromatic carbocycles. The molecule has 0 aliphatic rings. The fraction of sp³-hybridized carbons (Fsp3) is 0.375. The molecule has 0 spiro atoms. The summed E-state index contributed by atoms with van der Waals surface area (Å²) in [5.74, 6) is 0.743. The zero-order chi connectivity index (χ0) is 14.5. The zero-order valence-electron chi connectivity index (χ0n) is 12.1. The number of thiophene rings is 1. The summed E-state index contributed by atoms with van der Waals surface area (Å²) in [6.07, 6.45) is 1.00. The van der Waals surface area contributed by atoms with Crippen molar-refractivity contribution < 1.29 is 9.84 Å². The minimum atomic E-state index is 0.224. The molecule has 1 aromatic heterocycles. The molecule has 0 fully saturated rings. The topological polar surface area (TPSA) is 41.5 Å². The van der Waals surface area contributed by atoms with Gasteiger partial charge in [-0.1, -0.05) is 12.1 Å². The maximum absolute atomic E-state index is 10.0. The van der Waals surface area contributed by atoms with Gasteiger partial charge in [0, 0.05) is 27.9 Å². The van der Waals surface area contributed by atoms with E-state index in [1.54, 1.807) is 13.2 Å². The van der Waals surface area contributed by atoms with E-state index in [2.05, 4.69) is 31.3 Å². The van der Waals surface area contributed by atoms with E-state index in [1.165, 1.54) is 9.75 Å². The molecule has 2 rings (SSSR count). The first-order chi connectivity index (χ1) is 9.60. The minimum absolute atomic E-state index is 0.224. The summed E-state index contributed by atoms with van der Waals surface area (Å²) in [4.78, 5) is 2.73. The number of hydrogen-bond acceptors (Lipinski definition) is 4. The van der Waals surface area contributed by atoms with Crippen molar-refractivity contribution in [2.75, 3.05) is 7.11 Å². The largest absolute Gasteiger partial charge is 0.504 e. The summed E-state index contributed by atoms with van der Waals surface area (Å²) < 4.78 is 5.11. The standard InChI is InChI=1S/C16H21NO2S/c1-11(9-14-8-7-12(2)20-14)17-10-13-5-4-6-15(19-3)16(13)18/h4-8,11,17-18H,9-10H2,1-3H3. The van der Waals surface area contributed by atoms with Crippen LogP contribution in [0.5, 0.6) is 11.5 Å². The third-order valence-electron chi connectivity index (χ3n) is 3.25. The fourth-order valence-corrected chi connectivity index (χ4v) is 3.15. The van der Waals surface area contributed by atoms with Crippen molar-refractivity contribution in [1.29, 1.82) is 0 Å². The van der Waals surface area contributed by atoms with Gasteiger partial charge in [0.15, 0.2) is 11.5 Å². The number of aryl methyl sites for hydroxylation is 1. The van der Waals surface area contributed by atoms with Gasteiger partial charge in [-0.3, -0.25) is 0 Å². The van der Waals surface area contributed by atoms with Crippen LogP contribution in [0.25, 0.3) is 0 Å². The Morgan fingerprint density at radius 2 is 2.10 bits per heavy atom. The summed E-state index contributed by atoms with van der Waals surface area (Å²) in [7, 11) is 1.56. The summed E-state index contributed by atoms with van der Waals surface area (Å²) >= 11 is 1.84. The van der Waals surface area contributed by atoms with Crippen molar-refractivity contribution in [2.24, 2.45) is 0 Å². The van der Waals surface area contributed by atoms with E-state index in [-0.39, 0.29) is 5.75 Å². The van der Waals surface area contributed by atoms with Crippen LogP contribution in [0, 0.1) is 6.92 Å². The number of hydrogen-bond donors (Lipinski definition) is 2. The number of para-hydroxylation sites is 1. The van der Waals surface area contributed by atoms with E-state index < -0.39 is 0 Å². The van der Waals surface area contributed by atoms with Gasteiger partial charge in [0.05, 0.1) is 7.11 Å². The van der Waals surface area contributed by atoms with Gasteiger partial charge in [0.25, 0.3) is 0 Å². The SMILES string of the molecule is COc1cccc(CNC(C)Cc2ccc(C)s2)c1O. The highest BCUT2D eigenvalue weighted by atomic mass is 32.1. The molecule has 0 saturated heterocycles. The molecular weight excluding hydrogens is 270 g/mol. The van der Waals surface area contributed by atoms with E-state index in [0.29, 0.717) is 18.3 Å². The maximum atomic E-state index is 10.0. The van der Waals surface area contributed by atoms with Gasteiger partial charge in [-0.05, 0) is 38.5 Å². The van der Waals surface area contributed by atoms with Crippen LogP contribution in [0.3, 0.4) is 0 Å². The Bertz CT molecular complexity index is 565. The average molecular weight is 291 g/mol. The van der Waals surface area contributed by atoms with Crippen molar-refractivity contribution in [3.63, 3.8) is 0 Å². The van der Waals surface area contributed by atoms with Gasteiger partial charge >= 0.3 is 0 Å². The van der Waals surface area contributed by atoms with Gasteiger partial charge in [-0.15, -0.1) is 11.3 Å². The van der Waals surface area contributed by atoms with Crippen LogP contribution in [0.1, 0.15) is 22.2 Å². The maximum Gasteiger partial charge on any atom is 0.162 e. The van der Waals surface area contributed by atoms with E-state index in [0.717, 1.165) is 12.0 Å². The number of ether oxygens (including phenoxy) is 1. The third kappa shape index (κ3) is 3.74. The van der Waals surface area contributed by atoms with Gasteiger partial charge in [0.2, 0.25) is 0 Å². The van der Waals surface area contributed by atoms with Crippen LogP contribution in [-0.2, 0) is 13.0 Å². The predicted molar refractivity (Wildman–Crippen MR) is 83.7 cm³/mol. The summed E-state index contributed by atoms with van der Waals surface area (Å²) in [6, 6.07) is 10.3. The molecule has 0 saturated carbocycles. The molecule has 0 aliphatic carbocycles. The van der Waals surface area contributed by atoms with Crippen LogP contribution in [0.15, 0.2) is 30.3 Å². The van der Waals surface area contributed by atoms with E-state index in [4.69, 9.17) is 4.74 Å². The van der Waals surface area contributed by atoms with Crippen molar-refractivity contribution >= 4 is 11.3 Å². The Balaban J connectivity index is 1.91. The highest BCUT2D eigenvalue weighted by Gasteiger charge is 2.09. The fourth-order valence-electron chi connectivity index (χ4n) is 2.13.